The lowest BCUT2D eigenvalue weighted by molar-refractivity contribution is -0.121. The van der Waals surface area contributed by atoms with Crippen molar-refractivity contribution in [2.24, 2.45) is 5.92 Å². The fraction of sp³-hybridized carbons (Fsp3) is 0.240. The Hall–Kier alpha value is -3.47. The number of aromatic hydroxyl groups is 1. The average molecular weight is 400 g/mol. The van der Waals surface area contributed by atoms with Gasteiger partial charge < -0.3 is 10.4 Å². The summed E-state index contributed by atoms with van der Waals surface area (Å²) in [5.74, 6) is -0.116. The Morgan fingerprint density at radius 2 is 1.97 bits per heavy atom. The van der Waals surface area contributed by atoms with E-state index in [1.165, 1.54) is 0 Å². The highest BCUT2D eigenvalue weighted by atomic mass is 16.3. The number of carbonyl (C=O) groups is 2. The minimum atomic E-state index is -0.324. The zero-order chi connectivity index (χ0) is 21.1. The monoisotopic (exact) mass is 400 g/mol. The van der Waals surface area contributed by atoms with Crippen LogP contribution in [0.5, 0.6) is 5.75 Å². The van der Waals surface area contributed by atoms with Crippen molar-refractivity contribution in [3.8, 4) is 16.9 Å². The molecule has 1 aliphatic carbocycles. The quantitative estimate of drug-likeness (QED) is 0.654. The van der Waals surface area contributed by atoms with Crippen LogP contribution in [0.3, 0.4) is 0 Å². The third-order valence-electron chi connectivity index (χ3n) is 5.65. The van der Waals surface area contributed by atoms with Crippen molar-refractivity contribution in [3.63, 3.8) is 0 Å². The van der Waals surface area contributed by atoms with Crippen LogP contribution >= 0.6 is 0 Å². The number of fused-ring (bicyclic) bond motifs is 1. The van der Waals surface area contributed by atoms with Crippen molar-refractivity contribution in [2.45, 2.75) is 32.7 Å². The Balaban J connectivity index is 1.44. The molecule has 2 aromatic carbocycles. The van der Waals surface area contributed by atoms with Crippen LogP contribution < -0.4 is 5.32 Å². The third-order valence-corrected chi connectivity index (χ3v) is 5.65. The normalized spacial score (nSPS) is 15.1. The van der Waals surface area contributed by atoms with Crippen LogP contribution in [0.15, 0.2) is 60.9 Å². The van der Waals surface area contributed by atoms with Crippen LogP contribution in [-0.2, 0) is 24.2 Å². The minimum Gasteiger partial charge on any atom is -0.508 e. The van der Waals surface area contributed by atoms with Gasteiger partial charge in [-0.2, -0.15) is 0 Å². The van der Waals surface area contributed by atoms with Crippen LogP contribution in [0, 0.1) is 5.92 Å². The van der Waals surface area contributed by atoms with Gasteiger partial charge in [-0.1, -0.05) is 37.3 Å². The second-order valence-electron chi connectivity index (χ2n) is 7.68. The molecule has 0 fully saturated rings. The molecule has 30 heavy (non-hydrogen) atoms. The summed E-state index contributed by atoms with van der Waals surface area (Å²) in [6.07, 6.45) is 4.91. The number of amides is 1. The Morgan fingerprint density at radius 1 is 1.17 bits per heavy atom. The lowest BCUT2D eigenvalue weighted by Crippen LogP contribution is -2.27. The predicted molar refractivity (Wildman–Crippen MR) is 115 cm³/mol. The van der Waals surface area contributed by atoms with Crippen LogP contribution in [0.4, 0.5) is 0 Å². The van der Waals surface area contributed by atoms with Crippen molar-refractivity contribution >= 4 is 11.7 Å². The lowest BCUT2D eigenvalue weighted by atomic mass is 9.98. The Labute approximate surface area is 175 Å². The number of aromatic nitrogens is 1. The number of nitrogens with zero attached hydrogens (tertiary/aromatic N) is 1. The van der Waals surface area contributed by atoms with Gasteiger partial charge in [0, 0.05) is 36.8 Å². The van der Waals surface area contributed by atoms with Gasteiger partial charge in [0.1, 0.15) is 5.75 Å². The molecule has 3 aromatic rings. The molecule has 1 atom stereocenters. The van der Waals surface area contributed by atoms with Gasteiger partial charge in [-0.25, -0.2) is 0 Å². The highest BCUT2D eigenvalue weighted by Gasteiger charge is 2.32. The smallest absolute Gasteiger partial charge is 0.221 e. The summed E-state index contributed by atoms with van der Waals surface area (Å²) in [7, 11) is 0. The largest absolute Gasteiger partial charge is 0.508 e. The van der Waals surface area contributed by atoms with Gasteiger partial charge in [0.25, 0.3) is 0 Å². The summed E-state index contributed by atoms with van der Waals surface area (Å²) in [6.45, 7) is 2.41. The van der Waals surface area contributed by atoms with Gasteiger partial charge >= 0.3 is 0 Å². The van der Waals surface area contributed by atoms with E-state index in [1.807, 2.05) is 49.4 Å². The SMILES string of the molecule is CCc1cc(-c2ccc3c(c2)CC(CC(=O)NCc2cccnc2)C3=O)ccc1O. The number of phenolic OH excluding ortho intramolecular Hbond substituents is 1. The van der Waals surface area contributed by atoms with Crippen molar-refractivity contribution in [1.82, 2.24) is 10.3 Å². The number of pyridine rings is 1. The molecule has 0 aliphatic heterocycles. The first kappa shape index (κ1) is 19.8. The molecule has 1 aromatic heterocycles. The first-order chi connectivity index (χ1) is 14.5. The van der Waals surface area contributed by atoms with E-state index in [-0.39, 0.29) is 24.0 Å². The van der Waals surface area contributed by atoms with E-state index in [0.717, 1.165) is 34.2 Å². The van der Waals surface area contributed by atoms with E-state index in [4.69, 9.17) is 0 Å². The number of ketones is 1. The number of hydrogen-bond acceptors (Lipinski definition) is 4. The highest BCUT2D eigenvalue weighted by Crippen LogP contribution is 2.33. The van der Waals surface area contributed by atoms with E-state index >= 15 is 0 Å². The first-order valence-corrected chi connectivity index (χ1v) is 10.2. The predicted octanol–water partition coefficient (Wildman–Crippen LogP) is 4.08. The zero-order valence-corrected chi connectivity index (χ0v) is 16.9. The molecule has 152 valence electrons. The molecule has 1 aliphatic rings. The standard InChI is InChI=1S/C25H24N2O3/c1-2-17-10-19(6-8-23(17)28)18-5-7-22-20(11-18)12-21(25(22)30)13-24(29)27-15-16-4-3-9-26-14-16/h3-11,14,21,28H,2,12-13,15H2,1H3,(H,27,29). The maximum atomic E-state index is 12.8. The second kappa shape index (κ2) is 8.49. The maximum Gasteiger partial charge on any atom is 0.221 e. The molecule has 0 bridgehead atoms. The number of Topliss-reactive ketones (excluding diaryl/α,β-unsaturated/α-hetero) is 1. The van der Waals surface area contributed by atoms with E-state index in [9.17, 15) is 14.7 Å². The molecule has 1 amide bonds. The van der Waals surface area contributed by atoms with Gasteiger partial charge in [-0.05, 0) is 58.9 Å². The number of hydrogen-bond donors (Lipinski definition) is 2. The minimum absolute atomic E-state index is 0.0352. The fourth-order valence-electron chi connectivity index (χ4n) is 3.97. The topological polar surface area (TPSA) is 79.3 Å². The fourth-order valence-corrected chi connectivity index (χ4v) is 3.97. The van der Waals surface area contributed by atoms with Crippen LogP contribution in [0.1, 0.15) is 40.4 Å². The van der Waals surface area contributed by atoms with Gasteiger partial charge in [-0.3, -0.25) is 14.6 Å². The molecule has 2 N–H and O–H groups in total. The molecule has 4 rings (SSSR count). The summed E-state index contributed by atoms with van der Waals surface area (Å²) in [6, 6.07) is 15.1. The second-order valence-corrected chi connectivity index (χ2v) is 7.68. The maximum absolute atomic E-state index is 12.8. The molecule has 0 spiro atoms. The Morgan fingerprint density at radius 3 is 2.73 bits per heavy atom. The number of carbonyl (C=O) groups excluding carboxylic acids is 2. The average Bonchev–Trinajstić information content (AvgIpc) is 3.08. The van der Waals surface area contributed by atoms with Crippen LogP contribution in [0.25, 0.3) is 11.1 Å². The third kappa shape index (κ3) is 4.10. The van der Waals surface area contributed by atoms with Gasteiger partial charge in [0.15, 0.2) is 5.78 Å². The molecule has 0 saturated heterocycles. The number of benzene rings is 2. The highest BCUT2D eigenvalue weighted by molar-refractivity contribution is 6.04. The molecule has 0 radical (unpaired) electrons. The van der Waals surface area contributed by atoms with Crippen LogP contribution in [-0.4, -0.2) is 21.8 Å². The first-order valence-electron chi connectivity index (χ1n) is 10.2. The number of rotatable bonds is 6. The summed E-state index contributed by atoms with van der Waals surface area (Å²) in [4.78, 5) is 29.2. The summed E-state index contributed by atoms with van der Waals surface area (Å²) >= 11 is 0. The van der Waals surface area contributed by atoms with E-state index in [2.05, 4.69) is 10.3 Å². The lowest BCUT2D eigenvalue weighted by Gasteiger charge is -2.09. The molecule has 5 heteroatoms. The molecule has 1 unspecified atom stereocenters. The zero-order valence-electron chi connectivity index (χ0n) is 16.9. The molecular weight excluding hydrogens is 376 g/mol. The molecule has 1 heterocycles. The van der Waals surface area contributed by atoms with Crippen molar-refractivity contribution in [2.75, 3.05) is 0 Å². The Bertz CT molecular complexity index is 1090. The number of aryl methyl sites for hydroxylation is 1. The molecule has 0 saturated carbocycles. The summed E-state index contributed by atoms with van der Waals surface area (Å²) in [5, 5.41) is 12.8. The van der Waals surface area contributed by atoms with Crippen molar-refractivity contribution in [3.05, 3.63) is 83.2 Å². The van der Waals surface area contributed by atoms with E-state index in [1.54, 1.807) is 18.5 Å². The summed E-state index contributed by atoms with van der Waals surface area (Å²) < 4.78 is 0. The number of nitrogens with one attached hydrogen (secondary N) is 1. The van der Waals surface area contributed by atoms with Gasteiger partial charge in [0.05, 0.1) is 0 Å². The summed E-state index contributed by atoms with van der Waals surface area (Å²) in [5.41, 5.74) is 5.53. The van der Waals surface area contributed by atoms with E-state index in [0.29, 0.717) is 24.3 Å². The van der Waals surface area contributed by atoms with Gasteiger partial charge in [0.2, 0.25) is 5.91 Å². The van der Waals surface area contributed by atoms with Crippen molar-refractivity contribution in [1.29, 1.82) is 0 Å². The van der Waals surface area contributed by atoms with Crippen LogP contribution in [0.2, 0.25) is 0 Å². The number of phenols is 1. The molecular formula is C25H24N2O3. The van der Waals surface area contributed by atoms with Crippen molar-refractivity contribution < 1.29 is 14.7 Å². The molecule has 5 nitrogen and oxygen atoms in total. The van der Waals surface area contributed by atoms with E-state index < -0.39 is 0 Å². The Kier molecular flexibility index (Phi) is 5.61. The van der Waals surface area contributed by atoms with Gasteiger partial charge in [-0.15, -0.1) is 0 Å².